The first-order valence-corrected chi connectivity index (χ1v) is 8.14. The number of benzene rings is 1. The molecular formula is C18H26N2O3. The minimum atomic E-state index is -0.178. The standard InChI is InChI=1S/C18H26N2O3/c1-15(7-11-21)18(22)19-8-6-16-2-4-17(5-3-16)14-20-9-12-23-13-10-20/h2-5,21H,1,6-14H2,(H,19,22). The van der Waals surface area contributed by atoms with Crippen molar-refractivity contribution < 1.29 is 14.6 Å². The van der Waals surface area contributed by atoms with E-state index in [1.165, 1.54) is 11.1 Å². The molecule has 0 unspecified atom stereocenters. The zero-order valence-electron chi connectivity index (χ0n) is 13.6. The summed E-state index contributed by atoms with van der Waals surface area (Å²) < 4.78 is 5.36. The van der Waals surface area contributed by atoms with Crippen LogP contribution in [-0.2, 0) is 22.5 Å². The van der Waals surface area contributed by atoms with E-state index >= 15 is 0 Å². The van der Waals surface area contributed by atoms with E-state index < -0.39 is 0 Å². The Bertz CT molecular complexity index is 508. The molecule has 23 heavy (non-hydrogen) atoms. The van der Waals surface area contributed by atoms with Crippen molar-refractivity contribution in [3.63, 3.8) is 0 Å². The van der Waals surface area contributed by atoms with Crippen LogP contribution in [0.4, 0.5) is 0 Å². The van der Waals surface area contributed by atoms with Crippen molar-refractivity contribution in [3.05, 3.63) is 47.5 Å². The van der Waals surface area contributed by atoms with E-state index in [2.05, 4.69) is 41.1 Å². The lowest BCUT2D eigenvalue weighted by atomic mass is 10.1. The average Bonchev–Trinajstić information content (AvgIpc) is 2.57. The molecule has 2 N–H and O–H groups in total. The molecule has 1 aliphatic rings. The molecule has 0 spiro atoms. The SMILES string of the molecule is C=C(CCO)C(=O)NCCc1ccc(CN2CCOCC2)cc1. The van der Waals surface area contributed by atoms with E-state index in [9.17, 15) is 4.79 Å². The summed E-state index contributed by atoms with van der Waals surface area (Å²) in [4.78, 5) is 14.1. The van der Waals surface area contributed by atoms with Gasteiger partial charge >= 0.3 is 0 Å². The zero-order valence-corrected chi connectivity index (χ0v) is 13.6. The average molecular weight is 318 g/mol. The molecule has 1 heterocycles. The van der Waals surface area contributed by atoms with Gasteiger partial charge in [0, 0.05) is 44.8 Å². The number of aliphatic hydroxyl groups is 1. The van der Waals surface area contributed by atoms with Crippen molar-refractivity contribution in [2.45, 2.75) is 19.4 Å². The Hall–Kier alpha value is -1.69. The molecule has 0 atom stereocenters. The van der Waals surface area contributed by atoms with Crippen LogP contribution >= 0.6 is 0 Å². The molecule has 126 valence electrons. The smallest absolute Gasteiger partial charge is 0.246 e. The van der Waals surface area contributed by atoms with Crippen LogP contribution in [0.15, 0.2) is 36.4 Å². The molecular weight excluding hydrogens is 292 g/mol. The maximum absolute atomic E-state index is 11.7. The lowest BCUT2D eigenvalue weighted by Crippen LogP contribution is -2.35. The summed E-state index contributed by atoms with van der Waals surface area (Å²) in [5.74, 6) is -0.178. The Morgan fingerprint density at radius 1 is 1.22 bits per heavy atom. The summed E-state index contributed by atoms with van der Waals surface area (Å²) in [7, 11) is 0. The summed E-state index contributed by atoms with van der Waals surface area (Å²) in [5, 5.41) is 11.6. The van der Waals surface area contributed by atoms with Gasteiger partial charge in [-0.2, -0.15) is 0 Å². The van der Waals surface area contributed by atoms with Crippen LogP contribution in [0.2, 0.25) is 0 Å². The topological polar surface area (TPSA) is 61.8 Å². The third kappa shape index (κ3) is 6.14. The van der Waals surface area contributed by atoms with Gasteiger partial charge in [0.25, 0.3) is 0 Å². The number of nitrogens with one attached hydrogen (secondary N) is 1. The maximum atomic E-state index is 11.7. The van der Waals surface area contributed by atoms with Crippen LogP contribution in [-0.4, -0.2) is 55.4 Å². The molecule has 2 rings (SSSR count). The van der Waals surface area contributed by atoms with Crippen LogP contribution < -0.4 is 5.32 Å². The van der Waals surface area contributed by atoms with Gasteiger partial charge in [-0.1, -0.05) is 30.8 Å². The number of nitrogens with zero attached hydrogens (tertiary/aromatic N) is 1. The summed E-state index contributed by atoms with van der Waals surface area (Å²) in [6, 6.07) is 8.53. The molecule has 1 saturated heterocycles. The number of ether oxygens (including phenoxy) is 1. The van der Waals surface area contributed by atoms with E-state index in [1.54, 1.807) is 0 Å². The molecule has 5 nitrogen and oxygen atoms in total. The summed E-state index contributed by atoms with van der Waals surface area (Å²) in [6.07, 6.45) is 1.11. The third-order valence-corrected chi connectivity index (χ3v) is 3.97. The van der Waals surface area contributed by atoms with Crippen molar-refractivity contribution >= 4 is 5.91 Å². The molecule has 1 amide bonds. The molecule has 5 heteroatoms. The highest BCUT2D eigenvalue weighted by Crippen LogP contribution is 2.09. The second kappa shape index (κ2) is 9.45. The van der Waals surface area contributed by atoms with Gasteiger partial charge in [-0.3, -0.25) is 9.69 Å². The Morgan fingerprint density at radius 3 is 2.52 bits per heavy atom. The van der Waals surface area contributed by atoms with Crippen molar-refractivity contribution in [2.75, 3.05) is 39.5 Å². The molecule has 1 fully saturated rings. The number of aliphatic hydroxyl groups excluding tert-OH is 1. The lowest BCUT2D eigenvalue weighted by Gasteiger charge is -2.26. The van der Waals surface area contributed by atoms with E-state index in [1.807, 2.05) is 0 Å². The van der Waals surface area contributed by atoms with Gasteiger partial charge in [-0.15, -0.1) is 0 Å². The second-order valence-corrected chi connectivity index (χ2v) is 5.79. The van der Waals surface area contributed by atoms with Gasteiger partial charge < -0.3 is 15.2 Å². The molecule has 0 aromatic heterocycles. The normalized spacial score (nSPS) is 15.3. The minimum absolute atomic E-state index is 0.0448. The number of hydrogen-bond donors (Lipinski definition) is 2. The molecule has 0 saturated carbocycles. The van der Waals surface area contributed by atoms with Crippen molar-refractivity contribution in [2.24, 2.45) is 0 Å². The van der Waals surface area contributed by atoms with Gasteiger partial charge in [-0.05, 0) is 17.5 Å². The predicted molar refractivity (Wildman–Crippen MR) is 90.1 cm³/mol. The van der Waals surface area contributed by atoms with Gasteiger partial charge in [0.15, 0.2) is 0 Å². The summed E-state index contributed by atoms with van der Waals surface area (Å²) in [5.41, 5.74) is 2.92. The highest BCUT2D eigenvalue weighted by molar-refractivity contribution is 5.92. The Kier molecular flexibility index (Phi) is 7.26. The van der Waals surface area contributed by atoms with Crippen molar-refractivity contribution in [1.29, 1.82) is 0 Å². The number of morpholine rings is 1. The number of rotatable bonds is 8. The van der Waals surface area contributed by atoms with Crippen molar-refractivity contribution in [3.8, 4) is 0 Å². The summed E-state index contributed by atoms with van der Waals surface area (Å²) in [6.45, 7) is 8.76. The van der Waals surface area contributed by atoms with Crippen LogP contribution in [0, 0.1) is 0 Å². The largest absolute Gasteiger partial charge is 0.396 e. The highest BCUT2D eigenvalue weighted by Gasteiger charge is 2.10. The van der Waals surface area contributed by atoms with Crippen LogP contribution in [0.25, 0.3) is 0 Å². The highest BCUT2D eigenvalue weighted by atomic mass is 16.5. The Morgan fingerprint density at radius 2 is 1.87 bits per heavy atom. The quantitative estimate of drug-likeness (QED) is 0.705. The Balaban J connectivity index is 1.72. The number of carbonyl (C=O) groups is 1. The van der Waals surface area contributed by atoms with Crippen LogP contribution in [0.5, 0.6) is 0 Å². The van der Waals surface area contributed by atoms with Gasteiger partial charge in [0.05, 0.1) is 13.2 Å². The fourth-order valence-corrected chi connectivity index (χ4v) is 2.52. The molecule has 1 aromatic carbocycles. The van der Waals surface area contributed by atoms with Crippen LogP contribution in [0.1, 0.15) is 17.5 Å². The molecule has 1 aromatic rings. The molecule has 0 aliphatic carbocycles. The van der Waals surface area contributed by atoms with Crippen LogP contribution in [0.3, 0.4) is 0 Å². The molecule has 0 bridgehead atoms. The summed E-state index contributed by atoms with van der Waals surface area (Å²) >= 11 is 0. The van der Waals surface area contributed by atoms with E-state index in [4.69, 9.17) is 9.84 Å². The first-order valence-electron chi connectivity index (χ1n) is 8.14. The molecule has 1 aliphatic heterocycles. The fourth-order valence-electron chi connectivity index (χ4n) is 2.52. The maximum Gasteiger partial charge on any atom is 0.246 e. The minimum Gasteiger partial charge on any atom is -0.396 e. The molecule has 0 radical (unpaired) electrons. The van der Waals surface area contributed by atoms with E-state index in [-0.39, 0.29) is 12.5 Å². The van der Waals surface area contributed by atoms with Gasteiger partial charge in [0.1, 0.15) is 0 Å². The third-order valence-electron chi connectivity index (χ3n) is 3.97. The van der Waals surface area contributed by atoms with E-state index in [0.29, 0.717) is 18.5 Å². The van der Waals surface area contributed by atoms with E-state index in [0.717, 1.165) is 39.3 Å². The lowest BCUT2D eigenvalue weighted by molar-refractivity contribution is -0.117. The number of hydrogen-bond acceptors (Lipinski definition) is 4. The Labute approximate surface area is 137 Å². The number of carbonyl (C=O) groups excluding carboxylic acids is 1. The first kappa shape index (κ1) is 17.7. The fraction of sp³-hybridized carbons (Fsp3) is 0.500. The monoisotopic (exact) mass is 318 g/mol. The number of amides is 1. The second-order valence-electron chi connectivity index (χ2n) is 5.79. The zero-order chi connectivity index (χ0) is 16.5. The van der Waals surface area contributed by atoms with Crippen molar-refractivity contribution in [1.82, 2.24) is 10.2 Å². The predicted octanol–water partition coefficient (Wildman–Crippen LogP) is 1.12. The van der Waals surface area contributed by atoms with Gasteiger partial charge in [-0.25, -0.2) is 0 Å². The first-order chi connectivity index (χ1) is 11.2. The van der Waals surface area contributed by atoms with Gasteiger partial charge in [0.2, 0.25) is 5.91 Å².